The maximum atomic E-state index is 12.7. The molecule has 0 spiro atoms. The van der Waals surface area contributed by atoms with Gasteiger partial charge in [0.25, 0.3) is 11.6 Å². The Morgan fingerprint density at radius 1 is 1.07 bits per heavy atom. The number of benzene rings is 2. The summed E-state index contributed by atoms with van der Waals surface area (Å²) < 4.78 is 7.44. The molecule has 0 radical (unpaired) electrons. The molecule has 144 valence electrons. The van der Waals surface area contributed by atoms with Crippen LogP contribution in [0, 0.1) is 17.0 Å². The van der Waals surface area contributed by atoms with Gasteiger partial charge in [-0.15, -0.1) is 0 Å². The Kier molecular flexibility index (Phi) is 4.66. The molecule has 0 saturated carbocycles. The summed E-state index contributed by atoms with van der Waals surface area (Å²) in [7, 11) is 0. The van der Waals surface area contributed by atoms with Gasteiger partial charge < -0.3 is 10.1 Å². The van der Waals surface area contributed by atoms with Crippen LogP contribution in [-0.2, 0) is 0 Å². The SMILES string of the molecule is Cc1nc2cc(Oc3ccc([N+](=O)[O-])cc3)ccn2c1C(=O)Nc1ccccc1. The number of anilines is 1. The van der Waals surface area contributed by atoms with E-state index in [1.165, 1.54) is 24.3 Å². The molecule has 1 amide bonds. The van der Waals surface area contributed by atoms with Gasteiger partial charge in [-0.05, 0) is 37.3 Å². The normalized spacial score (nSPS) is 10.7. The summed E-state index contributed by atoms with van der Waals surface area (Å²) in [5, 5.41) is 13.6. The van der Waals surface area contributed by atoms with Crippen molar-refractivity contribution in [2.75, 3.05) is 5.32 Å². The molecule has 4 rings (SSSR count). The fourth-order valence-electron chi connectivity index (χ4n) is 2.96. The number of non-ortho nitro benzene ring substituents is 1. The maximum Gasteiger partial charge on any atom is 0.274 e. The van der Waals surface area contributed by atoms with E-state index in [1.54, 1.807) is 29.7 Å². The second-order valence-corrected chi connectivity index (χ2v) is 6.31. The van der Waals surface area contributed by atoms with Crippen LogP contribution in [0.5, 0.6) is 11.5 Å². The minimum Gasteiger partial charge on any atom is -0.457 e. The summed E-state index contributed by atoms with van der Waals surface area (Å²) in [6, 6.07) is 18.4. The summed E-state index contributed by atoms with van der Waals surface area (Å²) in [6.07, 6.45) is 1.70. The van der Waals surface area contributed by atoms with Crippen LogP contribution in [0.1, 0.15) is 16.2 Å². The third kappa shape index (κ3) is 3.77. The van der Waals surface area contributed by atoms with Crippen LogP contribution in [0.15, 0.2) is 72.9 Å². The number of ether oxygens (including phenoxy) is 1. The van der Waals surface area contributed by atoms with Gasteiger partial charge in [0.1, 0.15) is 22.8 Å². The highest BCUT2D eigenvalue weighted by Crippen LogP contribution is 2.26. The number of imidazole rings is 1. The number of nitrogens with one attached hydrogen (secondary N) is 1. The van der Waals surface area contributed by atoms with Gasteiger partial charge in [-0.25, -0.2) is 4.98 Å². The number of pyridine rings is 1. The van der Waals surface area contributed by atoms with Crippen LogP contribution in [0.25, 0.3) is 5.65 Å². The molecule has 2 aromatic carbocycles. The zero-order valence-electron chi connectivity index (χ0n) is 15.4. The van der Waals surface area contributed by atoms with Gasteiger partial charge in [-0.3, -0.25) is 19.3 Å². The number of nitrogens with zero attached hydrogens (tertiary/aromatic N) is 3. The Morgan fingerprint density at radius 3 is 2.48 bits per heavy atom. The van der Waals surface area contributed by atoms with Crippen LogP contribution in [0.2, 0.25) is 0 Å². The number of carbonyl (C=O) groups excluding carboxylic acids is 1. The predicted molar refractivity (Wildman–Crippen MR) is 107 cm³/mol. The third-order valence-electron chi connectivity index (χ3n) is 4.30. The number of nitro groups is 1. The number of para-hydroxylation sites is 1. The molecule has 0 unspecified atom stereocenters. The van der Waals surface area contributed by atoms with Crippen molar-refractivity contribution >= 4 is 22.9 Å². The van der Waals surface area contributed by atoms with E-state index in [0.29, 0.717) is 34.2 Å². The fourth-order valence-corrected chi connectivity index (χ4v) is 2.96. The fraction of sp³-hybridized carbons (Fsp3) is 0.0476. The van der Waals surface area contributed by atoms with E-state index in [-0.39, 0.29) is 11.6 Å². The molecule has 29 heavy (non-hydrogen) atoms. The second kappa shape index (κ2) is 7.43. The van der Waals surface area contributed by atoms with Gasteiger partial charge in [-0.1, -0.05) is 18.2 Å². The summed E-state index contributed by atoms with van der Waals surface area (Å²) in [5.74, 6) is 0.710. The average Bonchev–Trinajstić information content (AvgIpc) is 3.04. The first-order chi connectivity index (χ1) is 14.0. The summed E-state index contributed by atoms with van der Waals surface area (Å²) in [6.45, 7) is 1.77. The lowest BCUT2D eigenvalue weighted by Crippen LogP contribution is -2.15. The van der Waals surface area contributed by atoms with E-state index >= 15 is 0 Å². The van der Waals surface area contributed by atoms with Crippen molar-refractivity contribution in [2.24, 2.45) is 0 Å². The van der Waals surface area contributed by atoms with Crippen LogP contribution >= 0.6 is 0 Å². The summed E-state index contributed by atoms with van der Waals surface area (Å²) in [4.78, 5) is 27.4. The quantitative estimate of drug-likeness (QED) is 0.398. The highest BCUT2D eigenvalue weighted by Gasteiger charge is 2.17. The lowest BCUT2D eigenvalue weighted by Gasteiger charge is -2.08. The van der Waals surface area contributed by atoms with Crippen LogP contribution in [0.3, 0.4) is 0 Å². The van der Waals surface area contributed by atoms with E-state index in [9.17, 15) is 14.9 Å². The van der Waals surface area contributed by atoms with Crippen LogP contribution in [-0.4, -0.2) is 20.2 Å². The number of hydrogen-bond donors (Lipinski definition) is 1. The topological polar surface area (TPSA) is 98.8 Å². The Labute approximate surface area is 165 Å². The molecule has 0 aliphatic rings. The smallest absolute Gasteiger partial charge is 0.274 e. The highest BCUT2D eigenvalue weighted by molar-refractivity contribution is 6.04. The number of nitro benzene ring substituents is 1. The molecule has 0 aliphatic heterocycles. The van der Waals surface area contributed by atoms with Crippen molar-refractivity contribution in [2.45, 2.75) is 6.92 Å². The van der Waals surface area contributed by atoms with E-state index < -0.39 is 4.92 Å². The predicted octanol–water partition coefficient (Wildman–Crippen LogP) is 4.60. The maximum absolute atomic E-state index is 12.7. The molecule has 0 fully saturated rings. The lowest BCUT2D eigenvalue weighted by atomic mass is 10.3. The number of hydrogen-bond acceptors (Lipinski definition) is 5. The van der Waals surface area contributed by atoms with Crippen molar-refractivity contribution < 1.29 is 14.5 Å². The van der Waals surface area contributed by atoms with Gasteiger partial charge in [0, 0.05) is 30.1 Å². The number of carbonyl (C=O) groups is 1. The first-order valence-electron chi connectivity index (χ1n) is 8.79. The first-order valence-corrected chi connectivity index (χ1v) is 8.79. The lowest BCUT2D eigenvalue weighted by molar-refractivity contribution is -0.384. The van der Waals surface area contributed by atoms with Crippen molar-refractivity contribution in [1.82, 2.24) is 9.38 Å². The third-order valence-corrected chi connectivity index (χ3v) is 4.30. The van der Waals surface area contributed by atoms with E-state index in [0.717, 1.165) is 0 Å². The second-order valence-electron chi connectivity index (χ2n) is 6.31. The largest absolute Gasteiger partial charge is 0.457 e. The monoisotopic (exact) mass is 388 g/mol. The van der Waals surface area contributed by atoms with E-state index in [1.807, 2.05) is 30.3 Å². The van der Waals surface area contributed by atoms with E-state index in [4.69, 9.17) is 4.74 Å². The Balaban J connectivity index is 1.59. The number of amides is 1. The highest BCUT2D eigenvalue weighted by atomic mass is 16.6. The summed E-state index contributed by atoms with van der Waals surface area (Å²) in [5.41, 5.74) is 2.27. The minimum atomic E-state index is -0.467. The van der Waals surface area contributed by atoms with Crippen molar-refractivity contribution in [3.05, 3.63) is 94.4 Å². The standard InChI is InChI=1S/C21H16N4O4/c1-14-20(21(26)23-15-5-3-2-4-6-15)24-12-11-18(13-19(24)22-14)29-17-9-7-16(8-10-17)25(27)28/h2-13H,1H3,(H,23,26). The molecular formula is C21H16N4O4. The Bertz CT molecular complexity index is 1200. The van der Waals surface area contributed by atoms with Crippen molar-refractivity contribution in [3.63, 3.8) is 0 Å². The zero-order valence-corrected chi connectivity index (χ0v) is 15.4. The Hall–Kier alpha value is -4.20. The molecule has 4 aromatic rings. The number of rotatable bonds is 5. The molecular weight excluding hydrogens is 372 g/mol. The van der Waals surface area contributed by atoms with Crippen molar-refractivity contribution in [1.29, 1.82) is 0 Å². The van der Waals surface area contributed by atoms with E-state index in [2.05, 4.69) is 10.3 Å². The summed E-state index contributed by atoms with van der Waals surface area (Å²) >= 11 is 0. The van der Waals surface area contributed by atoms with Gasteiger partial charge in [0.2, 0.25) is 0 Å². The molecule has 0 atom stereocenters. The van der Waals surface area contributed by atoms with Gasteiger partial charge in [0.05, 0.1) is 10.6 Å². The molecule has 8 heteroatoms. The molecule has 8 nitrogen and oxygen atoms in total. The van der Waals surface area contributed by atoms with Gasteiger partial charge in [0.15, 0.2) is 0 Å². The molecule has 0 saturated heterocycles. The zero-order chi connectivity index (χ0) is 20.4. The first kappa shape index (κ1) is 18.2. The number of fused-ring (bicyclic) bond motifs is 1. The molecule has 0 bridgehead atoms. The average molecular weight is 388 g/mol. The van der Waals surface area contributed by atoms with Gasteiger partial charge in [-0.2, -0.15) is 0 Å². The number of aryl methyl sites for hydroxylation is 1. The van der Waals surface area contributed by atoms with Gasteiger partial charge >= 0.3 is 0 Å². The van der Waals surface area contributed by atoms with Crippen LogP contribution in [0.4, 0.5) is 11.4 Å². The number of aromatic nitrogens is 2. The Morgan fingerprint density at radius 2 is 1.79 bits per heavy atom. The van der Waals surface area contributed by atoms with Crippen molar-refractivity contribution in [3.8, 4) is 11.5 Å². The minimum absolute atomic E-state index is 0.00856. The molecule has 1 N–H and O–H groups in total. The molecule has 0 aliphatic carbocycles. The molecule has 2 heterocycles. The molecule has 2 aromatic heterocycles. The van der Waals surface area contributed by atoms with Crippen LogP contribution < -0.4 is 10.1 Å².